The summed E-state index contributed by atoms with van der Waals surface area (Å²) in [6.45, 7) is 0.532. The van der Waals surface area contributed by atoms with E-state index >= 15 is 0 Å². The lowest BCUT2D eigenvalue weighted by molar-refractivity contribution is 0.0238. The molecule has 1 saturated carbocycles. The van der Waals surface area contributed by atoms with Crippen LogP contribution in [-0.4, -0.2) is 18.3 Å². The van der Waals surface area contributed by atoms with Gasteiger partial charge in [0.15, 0.2) is 0 Å². The summed E-state index contributed by atoms with van der Waals surface area (Å²) in [6, 6.07) is 17.5. The first-order chi connectivity index (χ1) is 9.72. The molecule has 1 aliphatic rings. The number of ether oxygens (including phenoxy) is 2. The van der Waals surface area contributed by atoms with Gasteiger partial charge in [0.05, 0.1) is 19.8 Å². The molecule has 0 radical (unpaired) electrons. The first kappa shape index (κ1) is 13.2. The summed E-state index contributed by atoms with van der Waals surface area (Å²) in [5.41, 5.74) is 1.16. The van der Waals surface area contributed by atoms with Crippen molar-refractivity contribution in [1.29, 1.82) is 0 Å². The number of benzene rings is 2. The van der Waals surface area contributed by atoms with Gasteiger partial charge in [-0.1, -0.05) is 42.5 Å². The Hall–Kier alpha value is -1.84. The lowest BCUT2D eigenvalue weighted by Crippen LogP contribution is -2.13. The molecule has 0 heterocycles. The minimum atomic E-state index is -0.846. The molecular weight excluding hydrogens is 252 g/mol. The van der Waals surface area contributed by atoms with Crippen molar-refractivity contribution in [3.05, 3.63) is 65.7 Å². The van der Waals surface area contributed by atoms with Gasteiger partial charge in [0.1, 0.15) is 11.4 Å². The summed E-state index contributed by atoms with van der Waals surface area (Å²) < 4.78 is 10.9. The topological polar surface area (TPSA) is 38.7 Å². The summed E-state index contributed by atoms with van der Waals surface area (Å²) in [6.07, 6.45) is 0.516. The molecule has 0 aliphatic heterocycles. The summed E-state index contributed by atoms with van der Waals surface area (Å²) in [7, 11) is 1.63. The molecular formula is C17H18O3. The van der Waals surface area contributed by atoms with Crippen molar-refractivity contribution in [3.63, 3.8) is 0 Å². The molecule has 20 heavy (non-hydrogen) atoms. The van der Waals surface area contributed by atoms with Crippen LogP contribution in [0.4, 0.5) is 0 Å². The fraction of sp³-hybridized carbons (Fsp3) is 0.294. The largest absolute Gasteiger partial charge is 0.497 e. The zero-order valence-electron chi connectivity index (χ0n) is 11.5. The molecule has 1 aliphatic carbocycles. The highest BCUT2D eigenvalue weighted by molar-refractivity contribution is 5.35. The average molecular weight is 270 g/mol. The van der Waals surface area contributed by atoms with Gasteiger partial charge in [0, 0.05) is 6.42 Å². The lowest BCUT2D eigenvalue weighted by atomic mass is 10.1. The third-order valence-corrected chi connectivity index (χ3v) is 3.75. The lowest BCUT2D eigenvalue weighted by Gasteiger charge is -2.12. The van der Waals surface area contributed by atoms with E-state index < -0.39 is 5.60 Å². The molecule has 3 heteroatoms. The number of hydrogen-bond acceptors (Lipinski definition) is 3. The van der Waals surface area contributed by atoms with Crippen LogP contribution >= 0.6 is 0 Å². The third-order valence-electron chi connectivity index (χ3n) is 3.75. The van der Waals surface area contributed by atoms with E-state index in [-0.39, 0.29) is 6.10 Å². The van der Waals surface area contributed by atoms with Crippen LogP contribution in [0.5, 0.6) is 5.75 Å². The Labute approximate surface area is 118 Å². The SMILES string of the molecule is COc1ccc(C2(O)CC2OCc2ccccc2)cc1. The first-order valence-corrected chi connectivity index (χ1v) is 6.75. The third kappa shape index (κ3) is 2.55. The zero-order valence-corrected chi connectivity index (χ0v) is 11.5. The molecule has 2 atom stereocenters. The van der Waals surface area contributed by atoms with E-state index in [1.165, 1.54) is 0 Å². The molecule has 3 nitrogen and oxygen atoms in total. The second-order valence-electron chi connectivity index (χ2n) is 5.14. The fourth-order valence-electron chi connectivity index (χ4n) is 2.37. The number of methoxy groups -OCH3 is 1. The number of hydrogen-bond donors (Lipinski definition) is 1. The minimum Gasteiger partial charge on any atom is -0.497 e. The second kappa shape index (κ2) is 5.27. The van der Waals surface area contributed by atoms with Crippen molar-refractivity contribution in [1.82, 2.24) is 0 Å². The van der Waals surface area contributed by atoms with Gasteiger partial charge < -0.3 is 14.6 Å². The Morgan fingerprint density at radius 2 is 1.80 bits per heavy atom. The summed E-state index contributed by atoms with van der Waals surface area (Å²) in [5, 5.41) is 10.5. The van der Waals surface area contributed by atoms with Crippen LogP contribution in [0.25, 0.3) is 0 Å². The van der Waals surface area contributed by atoms with Crippen molar-refractivity contribution < 1.29 is 14.6 Å². The molecule has 0 aromatic heterocycles. The van der Waals surface area contributed by atoms with E-state index in [1.54, 1.807) is 7.11 Å². The van der Waals surface area contributed by atoms with E-state index in [9.17, 15) is 5.11 Å². The van der Waals surface area contributed by atoms with Crippen molar-refractivity contribution in [2.45, 2.75) is 24.7 Å². The van der Waals surface area contributed by atoms with Crippen molar-refractivity contribution in [2.75, 3.05) is 7.11 Å². The van der Waals surface area contributed by atoms with Crippen molar-refractivity contribution >= 4 is 0 Å². The molecule has 1 fully saturated rings. The second-order valence-corrected chi connectivity index (χ2v) is 5.14. The Morgan fingerprint density at radius 3 is 2.45 bits per heavy atom. The summed E-state index contributed by atoms with van der Waals surface area (Å²) in [5.74, 6) is 0.791. The van der Waals surface area contributed by atoms with Gasteiger partial charge in [-0.2, -0.15) is 0 Å². The highest BCUT2D eigenvalue weighted by atomic mass is 16.5. The molecule has 104 valence electrons. The number of aliphatic hydroxyl groups is 1. The van der Waals surface area contributed by atoms with Crippen LogP contribution in [0.3, 0.4) is 0 Å². The van der Waals surface area contributed by atoms with E-state index in [4.69, 9.17) is 9.47 Å². The summed E-state index contributed by atoms with van der Waals surface area (Å²) in [4.78, 5) is 0. The van der Waals surface area contributed by atoms with Gasteiger partial charge in [-0.05, 0) is 23.3 Å². The van der Waals surface area contributed by atoms with Gasteiger partial charge in [-0.3, -0.25) is 0 Å². The average Bonchev–Trinajstić information content (AvgIpc) is 3.18. The van der Waals surface area contributed by atoms with Gasteiger partial charge in [-0.15, -0.1) is 0 Å². The van der Waals surface area contributed by atoms with E-state index in [0.29, 0.717) is 13.0 Å². The molecule has 0 spiro atoms. The predicted molar refractivity (Wildman–Crippen MR) is 76.5 cm³/mol. The van der Waals surface area contributed by atoms with Crippen LogP contribution < -0.4 is 4.74 Å². The van der Waals surface area contributed by atoms with Gasteiger partial charge in [0.2, 0.25) is 0 Å². The van der Waals surface area contributed by atoms with Gasteiger partial charge in [0.25, 0.3) is 0 Å². The summed E-state index contributed by atoms with van der Waals surface area (Å²) >= 11 is 0. The van der Waals surface area contributed by atoms with Crippen LogP contribution in [0, 0.1) is 0 Å². The van der Waals surface area contributed by atoms with Crippen LogP contribution in [0.1, 0.15) is 17.5 Å². The quantitative estimate of drug-likeness (QED) is 0.908. The monoisotopic (exact) mass is 270 g/mol. The normalized spacial score (nSPS) is 24.4. The maximum atomic E-state index is 10.5. The van der Waals surface area contributed by atoms with Gasteiger partial charge >= 0.3 is 0 Å². The standard InChI is InChI=1S/C17H18O3/c1-19-15-9-7-14(8-10-15)17(18)11-16(17)20-12-13-5-3-2-4-6-13/h2-10,16,18H,11-12H2,1H3. The molecule has 1 N–H and O–H groups in total. The molecule has 0 bridgehead atoms. The van der Waals surface area contributed by atoms with E-state index in [1.807, 2.05) is 54.6 Å². The van der Waals surface area contributed by atoms with Crippen LogP contribution in [0.2, 0.25) is 0 Å². The molecule has 2 unspecified atom stereocenters. The Bertz CT molecular complexity index is 565. The number of rotatable bonds is 5. The van der Waals surface area contributed by atoms with E-state index in [0.717, 1.165) is 16.9 Å². The minimum absolute atomic E-state index is 0.129. The van der Waals surface area contributed by atoms with Crippen LogP contribution in [-0.2, 0) is 16.9 Å². The predicted octanol–water partition coefficient (Wildman–Crippen LogP) is 2.87. The molecule has 2 aromatic carbocycles. The highest BCUT2D eigenvalue weighted by Gasteiger charge is 2.55. The smallest absolute Gasteiger partial charge is 0.118 e. The molecule has 3 rings (SSSR count). The molecule has 2 aromatic rings. The van der Waals surface area contributed by atoms with E-state index in [2.05, 4.69) is 0 Å². The Balaban J connectivity index is 1.61. The van der Waals surface area contributed by atoms with Crippen LogP contribution in [0.15, 0.2) is 54.6 Å². The first-order valence-electron chi connectivity index (χ1n) is 6.75. The highest BCUT2D eigenvalue weighted by Crippen LogP contribution is 2.48. The molecule has 0 saturated heterocycles. The Kier molecular flexibility index (Phi) is 3.47. The van der Waals surface area contributed by atoms with Crippen molar-refractivity contribution in [3.8, 4) is 5.75 Å². The maximum Gasteiger partial charge on any atom is 0.118 e. The van der Waals surface area contributed by atoms with Gasteiger partial charge in [-0.25, -0.2) is 0 Å². The zero-order chi connectivity index (χ0) is 14.0. The van der Waals surface area contributed by atoms with Crippen molar-refractivity contribution in [2.24, 2.45) is 0 Å². The Morgan fingerprint density at radius 1 is 1.10 bits per heavy atom. The molecule has 0 amide bonds. The fourth-order valence-corrected chi connectivity index (χ4v) is 2.37. The maximum absolute atomic E-state index is 10.5.